The van der Waals surface area contributed by atoms with Crippen molar-refractivity contribution in [1.29, 1.82) is 0 Å². The molecule has 0 aromatic carbocycles. The lowest BCUT2D eigenvalue weighted by Crippen LogP contribution is -2.30. The minimum absolute atomic E-state index is 0.0623. The molecule has 6 heteroatoms. The Morgan fingerprint density at radius 2 is 0.351 bits per heavy atom. The maximum absolute atomic E-state index is 12.8. The maximum Gasteiger partial charge on any atom is 0.306 e. The number of hydrogen-bond acceptors (Lipinski definition) is 6. The summed E-state index contributed by atoms with van der Waals surface area (Å²) in [6, 6.07) is 0. The van der Waals surface area contributed by atoms with Crippen molar-refractivity contribution in [3.8, 4) is 0 Å². The summed E-state index contributed by atoms with van der Waals surface area (Å²) in [5.74, 6) is -0.845. The number of rotatable bonds is 67. The zero-order valence-electron chi connectivity index (χ0n) is 52.8. The molecule has 0 saturated carbocycles. The predicted molar refractivity (Wildman–Crippen MR) is 335 cm³/mol. The van der Waals surface area contributed by atoms with Crippen molar-refractivity contribution >= 4 is 17.9 Å². The van der Waals surface area contributed by atoms with Gasteiger partial charge in [0.25, 0.3) is 0 Å². The lowest BCUT2D eigenvalue weighted by Gasteiger charge is -2.18. The zero-order chi connectivity index (χ0) is 55.7. The zero-order valence-corrected chi connectivity index (χ0v) is 52.8. The van der Waals surface area contributed by atoms with E-state index in [4.69, 9.17) is 14.2 Å². The third-order valence-electron chi connectivity index (χ3n) is 16.6. The van der Waals surface area contributed by atoms with Crippen molar-refractivity contribution in [2.24, 2.45) is 0 Å². The van der Waals surface area contributed by atoms with Crippen LogP contribution in [0.4, 0.5) is 0 Å². The summed E-state index contributed by atoms with van der Waals surface area (Å²) in [6.45, 7) is 6.64. The second-order valence-electron chi connectivity index (χ2n) is 24.5. The van der Waals surface area contributed by atoms with Crippen LogP contribution in [0, 0.1) is 0 Å². The first-order chi connectivity index (χ1) is 38.0. The standard InChI is InChI=1S/C71H138O6/c1-4-7-10-13-15-17-19-21-23-25-27-28-29-30-31-32-33-34-35-36-37-38-39-40-41-42-44-45-47-49-51-53-55-58-61-64-70(73)76-67-68(66-75-69(72)63-60-57-12-9-6-3)77-71(74)65-62-59-56-54-52-50-48-46-43-26-24-22-20-18-16-14-11-8-5-2/h68H,4-67H2,1-3H3. The van der Waals surface area contributed by atoms with Crippen molar-refractivity contribution in [1.82, 2.24) is 0 Å². The van der Waals surface area contributed by atoms with E-state index in [1.165, 1.54) is 315 Å². The van der Waals surface area contributed by atoms with E-state index in [0.29, 0.717) is 19.3 Å². The molecule has 0 aliphatic carbocycles. The molecule has 77 heavy (non-hydrogen) atoms. The van der Waals surface area contributed by atoms with Crippen LogP contribution in [-0.2, 0) is 28.6 Å². The van der Waals surface area contributed by atoms with Gasteiger partial charge in [0.1, 0.15) is 13.2 Å². The summed E-state index contributed by atoms with van der Waals surface area (Å²) in [5, 5.41) is 0. The lowest BCUT2D eigenvalue weighted by atomic mass is 10.0. The van der Waals surface area contributed by atoms with Crippen molar-refractivity contribution in [2.45, 2.75) is 425 Å². The van der Waals surface area contributed by atoms with Crippen LogP contribution in [0.25, 0.3) is 0 Å². The highest BCUT2D eigenvalue weighted by Crippen LogP contribution is 2.20. The monoisotopic (exact) mass is 1090 g/mol. The Kier molecular flexibility index (Phi) is 65.5. The van der Waals surface area contributed by atoms with Crippen molar-refractivity contribution < 1.29 is 28.6 Å². The van der Waals surface area contributed by atoms with Gasteiger partial charge in [-0.05, 0) is 19.3 Å². The molecule has 458 valence electrons. The second kappa shape index (κ2) is 66.9. The van der Waals surface area contributed by atoms with Crippen molar-refractivity contribution in [2.75, 3.05) is 13.2 Å². The molecular weight excluding hydrogens is 949 g/mol. The normalized spacial score (nSPS) is 11.9. The van der Waals surface area contributed by atoms with Gasteiger partial charge in [0.2, 0.25) is 0 Å². The van der Waals surface area contributed by atoms with E-state index in [1.807, 2.05) is 0 Å². The number of carbonyl (C=O) groups excluding carboxylic acids is 3. The average molecular weight is 1090 g/mol. The van der Waals surface area contributed by atoms with E-state index in [2.05, 4.69) is 20.8 Å². The van der Waals surface area contributed by atoms with Crippen LogP contribution in [0.1, 0.15) is 419 Å². The number of esters is 3. The van der Waals surface area contributed by atoms with Crippen LogP contribution >= 0.6 is 0 Å². The highest BCUT2D eigenvalue weighted by atomic mass is 16.6. The van der Waals surface area contributed by atoms with E-state index in [1.54, 1.807) is 0 Å². The molecule has 0 aliphatic heterocycles. The summed E-state index contributed by atoms with van der Waals surface area (Å²) in [7, 11) is 0. The van der Waals surface area contributed by atoms with Crippen LogP contribution in [0.5, 0.6) is 0 Å². The van der Waals surface area contributed by atoms with Crippen LogP contribution in [-0.4, -0.2) is 37.2 Å². The quantitative estimate of drug-likeness (QED) is 0.0343. The molecule has 1 unspecified atom stereocenters. The molecule has 0 amide bonds. The molecule has 0 aromatic rings. The third kappa shape index (κ3) is 65.1. The SMILES string of the molecule is CCCCCCCCCCCCCCCCCCCCCCCCCCCCCCCCCCCCCC(=O)OCC(COC(=O)CCCCCCC)OC(=O)CCCCCCCCCCCCCCCCCCCCC. The fourth-order valence-electron chi connectivity index (χ4n) is 11.3. The molecular formula is C71H138O6. The molecule has 0 radical (unpaired) electrons. The summed E-state index contributed by atoms with van der Waals surface area (Å²) < 4.78 is 16.8. The Morgan fingerprint density at radius 3 is 0.519 bits per heavy atom. The molecule has 0 saturated heterocycles. The van der Waals surface area contributed by atoms with E-state index in [-0.39, 0.29) is 31.1 Å². The van der Waals surface area contributed by atoms with E-state index < -0.39 is 6.10 Å². The van der Waals surface area contributed by atoms with E-state index >= 15 is 0 Å². The molecule has 1 atom stereocenters. The molecule has 0 rings (SSSR count). The fraction of sp³-hybridized carbons (Fsp3) is 0.958. The highest BCUT2D eigenvalue weighted by Gasteiger charge is 2.19. The fourth-order valence-corrected chi connectivity index (χ4v) is 11.3. The molecule has 0 heterocycles. The highest BCUT2D eigenvalue weighted by molar-refractivity contribution is 5.71. The summed E-state index contributed by atoms with van der Waals surface area (Å²) >= 11 is 0. The number of carbonyl (C=O) groups is 3. The molecule has 0 bridgehead atoms. The van der Waals surface area contributed by atoms with Gasteiger partial charge in [-0.15, -0.1) is 0 Å². The first kappa shape index (κ1) is 75.4. The van der Waals surface area contributed by atoms with Gasteiger partial charge in [0.05, 0.1) is 0 Å². The Balaban J connectivity index is 3.82. The Bertz CT molecular complexity index is 1160. The predicted octanol–water partition coefficient (Wildman–Crippen LogP) is 24.2. The minimum Gasteiger partial charge on any atom is -0.462 e. The van der Waals surface area contributed by atoms with Gasteiger partial charge in [-0.3, -0.25) is 14.4 Å². The van der Waals surface area contributed by atoms with E-state index in [0.717, 1.165) is 64.2 Å². The van der Waals surface area contributed by atoms with E-state index in [9.17, 15) is 14.4 Å². The van der Waals surface area contributed by atoms with Gasteiger partial charge in [-0.1, -0.05) is 380 Å². The third-order valence-corrected chi connectivity index (χ3v) is 16.6. The minimum atomic E-state index is -0.760. The second-order valence-corrected chi connectivity index (χ2v) is 24.5. The van der Waals surface area contributed by atoms with Gasteiger partial charge < -0.3 is 14.2 Å². The summed E-state index contributed by atoms with van der Waals surface area (Å²) in [4.78, 5) is 37.9. The smallest absolute Gasteiger partial charge is 0.306 e. The van der Waals surface area contributed by atoms with Gasteiger partial charge in [-0.25, -0.2) is 0 Å². The van der Waals surface area contributed by atoms with Gasteiger partial charge in [0, 0.05) is 19.3 Å². The number of hydrogen-bond donors (Lipinski definition) is 0. The van der Waals surface area contributed by atoms with Crippen molar-refractivity contribution in [3.05, 3.63) is 0 Å². The van der Waals surface area contributed by atoms with Gasteiger partial charge >= 0.3 is 17.9 Å². The Labute approximate surface area is 482 Å². The van der Waals surface area contributed by atoms with Crippen molar-refractivity contribution in [3.63, 3.8) is 0 Å². The average Bonchev–Trinajstić information content (AvgIpc) is 3.43. The summed E-state index contributed by atoms with van der Waals surface area (Å²) in [6.07, 6.45) is 79.3. The van der Waals surface area contributed by atoms with Gasteiger partial charge in [0.15, 0.2) is 6.10 Å². The maximum atomic E-state index is 12.8. The summed E-state index contributed by atoms with van der Waals surface area (Å²) in [5.41, 5.74) is 0. The van der Waals surface area contributed by atoms with Crippen LogP contribution < -0.4 is 0 Å². The Morgan fingerprint density at radius 1 is 0.208 bits per heavy atom. The Hall–Kier alpha value is -1.59. The number of unbranched alkanes of at least 4 members (excludes halogenated alkanes) is 56. The molecule has 6 nitrogen and oxygen atoms in total. The van der Waals surface area contributed by atoms with Crippen LogP contribution in [0.15, 0.2) is 0 Å². The molecule has 0 fully saturated rings. The molecule has 0 aliphatic rings. The molecule has 0 aromatic heterocycles. The lowest BCUT2D eigenvalue weighted by molar-refractivity contribution is -0.167. The first-order valence-electron chi connectivity index (χ1n) is 35.5. The topological polar surface area (TPSA) is 78.9 Å². The van der Waals surface area contributed by atoms with Crippen LogP contribution in [0.3, 0.4) is 0 Å². The number of ether oxygens (including phenoxy) is 3. The first-order valence-corrected chi connectivity index (χ1v) is 35.5. The molecule has 0 N–H and O–H groups in total. The molecule has 0 spiro atoms. The van der Waals surface area contributed by atoms with Crippen LogP contribution in [0.2, 0.25) is 0 Å². The largest absolute Gasteiger partial charge is 0.462 e. The van der Waals surface area contributed by atoms with Gasteiger partial charge in [-0.2, -0.15) is 0 Å².